The van der Waals surface area contributed by atoms with E-state index in [1.165, 1.54) is 16.9 Å². The van der Waals surface area contributed by atoms with Gasteiger partial charge in [0.15, 0.2) is 5.13 Å². The fourth-order valence-corrected chi connectivity index (χ4v) is 2.42. The molecule has 0 spiro atoms. The van der Waals surface area contributed by atoms with Gasteiger partial charge in [-0.2, -0.15) is 5.10 Å². The van der Waals surface area contributed by atoms with Gasteiger partial charge in [0.25, 0.3) is 0 Å². The van der Waals surface area contributed by atoms with E-state index in [4.69, 9.17) is 0 Å². The molecule has 0 aliphatic rings. The van der Waals surface area contributed by atoms with Crippen LogP contribution in [0.5, 0.6) is 0 Å². The number of carbonyl (C=O) groups excluding carboxylic acids is 1. The number of carbonyl (C=O) groups is 1. The predicted octanol–water partition coefficient (Wildman–Crippen LogP) is 2.48. The third kappa shape index (κ3) is 3.89. The summed E-state index contributed by atoms with van der Waals surface area (Å²) in [7, 11) is 1.78. The summed E-state index contributed by atoms with van der Waals surface area (Å²) in [5.74, 6) is 0.117. The third-order valence-corrected chi connectivity index (χ3v) is 3.72. The molecule has 2 aromatic rings. The van der Waals surface area contributed by atoms with E-state index in [0.717, 1.165) is 24.5 Å². The van der Waals surface area contributed by atoms with Crippen LogP contribution >= 0.6 is 11.3 Å². The second-order valence-corrected chi connectivity index (χ2v) is 5.38. The van der Waals surface area contributed by atoms with E-state index in [0.29, 0.717) is 6.42 Å². The van der Waals surface area contributed by atoms with Gasteiger partial charge >= 0.3 is 0 Å². The highest BCUT2D eigenvalue weighted by atomic mass is 32.1. The van der Waals surface area contributed by atoms with Gasteiger partial charge in [-0.1, -0.05) is 0 Å². The van der Waals surface area contributed by atoms with Crippen LogP contribution in [0.15, 0.2) is 24.0 Å². The maximum atomic E-state index is 11.9. The maximum Gasteiger partial charge on any atom is 0.228 e. The van der Waals surface area contributed by atoms with Crippen molar-refractivity contribution in [1.29, 1.82) is 0 Å². The monoisotopic (exact) mass is 278 g/mol. The minimum atomic E-state index is 0.117. The molecule has 6 heteroatoms. The van der Waals surface area contributed by atoms with Crippen molar-refractivity contribution in [2.45, 2.75) is 32.7 Å². The number of hydrogen-bond donors (Lipinski definition) is 0. The van der Waals surface area contributed by atoms with Gasteiger partial charge in [0.1, 0.15) is 0 Å². The third-order valence-electron chi connectivity index (χ3n) is 2.87. The normalized spacial score (nSPS) is 10.6. The Morgan fingerprint density at radius 3 is 2.95 bits per heavy atom. The lowest BCUT2D eigenvalue weighted by Gasteiger charge is -2.13. The van der Waals surface area contributed by atoms with E-state index in [9.17, 15) is 4.79 Å². The summed E-state index contributed by atoms with van der Waals surface area (Å²) < 4.78 is 1.92. The Morgan fingerprint density at radius 1 is 1.47 bits per heavy atom. The van der Waals surface area contributed by atoms with Gasteiger partial charge < -0.3 is 0 Å². The van der Waals surface area contributed by atoms with Crippen LogP contribution in [0, 0.1) is 6.92 Å². The van der Waals surface area contributed by atoms with Crippen LogP contribution in [0.2, 0.25) is 0 Å². The lowest BCUT2D eigenvalue weighted by atomic mass is 10.2. The van der Waals surface area contributed by atoms with Crippen LogP contribution in [0.4, 0.5) is 5.13 Å². The summed E-state index contributed by atoms with van der Waals surface area (Å²) in [6.07, 6.45) is 7.96. The van der Waals surface area contributed by atoms with Crippen LogP contribution in [0.3, 0.4) is 0 Å². The number of thiazole rings is 1. The molecule has 0 N–H and O–H groups in total. The fraction of sp³-hybridized carbons (Fsp3) is 0.462. The van der Waals surface area contributed by atoms with Gasteiger partial charge in [-0.3, -0.25) is 14.4 Å². The first-order valence-corrected chi connectivity index (χ1v) is 7.20. The first-order chi connectivity index (χ1) is 9.16. The zero-order chi connectivity index (χ0) is 13.7. The number of hydrogen-bond acceptors (Lipinski definition) is 4. The molecule has 0 bridgehead atoms. The van der Waals surface area contributed by atoms with Crippen molar-refractivity contribution in [3.8, 4) is 0 Å². The molecule has 0 fully saturated rings. The standard InChI is InChI=1S/C13H18N4OS/c1-11-9-15-17(10-11)7-4-3-5-12(18)16(2)13-14-6-8-19-13/h6,8-10H,3-5,7H2,1-2H3. The molecule has 0 atom stereocenters. The van der Waals surface area contributed by atoms with Crippen molar-refractivity contribution < 1.29 is 4.79 Å². The first-order valence-electron chi connectivity index (χ1n) is 6.32. The Morgan fingerprint density at radius 2 is 2.32 bits per heavy atom. The maximum absolute atomic E-state index is 11.9. The molecule has 102 valence electrons. The summed E-state index contributed by atoms with van der Waals surface area (Å²) in [5, 5.41) is 6.85. The Bertz CT molecular complexity index is 520. The van der Waals surface area contributed by atoms with E-state index in [1.807, 2.05) is 29.4 Å². The molecular formula is C13H18N4OS. The number of nitrogens with zero attached hydrogens (tertiary/aromatic N) is 4. The van der Waals surface area contributed by atoms with Crippen LogP contribution < -0.4 is 4.90 Å². The summed E-state index contributed by atoms with van der Waals surface area (Å²) >= 11 is 1.48. The SMILES string of the molecule is Cc1cnn(CCCCC(=O)N(C)c2nccs2)c1. The van der Waals surface area contributed by atoms with Crippen LogP contribution in [-0.4, -0.2) is 27.7 Å². The molecular weight excluding hydrogens is 260 g/mol. The topological polar surface area (TPSA) is 51.0 Å². The van der Waals surface area contributed by atoms with Crippen molar-refractivity contribution >= 4 is 22.4 Å². The van der Waals surface area contributed by atoms with E-state index in [1.54, 1.807) is 18.1 Å². The highest BCUT2D eigenvalue weighted by Gasteiger charge is 2.12. The number of rotatable bonds is 6. The van der Waals surface area contributed by atoms with Crippen molar-refractivity contribution in [2.75, 3.05) is 11.9 Å². The number of aromatic nitrogens is 3. The molecule has 0 aliphatic carbocycles. The molecule has 0 aliphatic heterocycles. The van der Waals surface area contributed by atoms with Crippen LogP contribution in [0.25, 0.3) is 0 Å². The zero-order valence-electron chi connectivity index (χ0n) is 11.2. The minimum Gasteiger partial charge on any atom is -0.291 e. The minimum absolute atomic E-state index is 0.117. The molecule has 2 aromatic heterocycles. The highest BCUT2D eigenvalue weighted by molar-refractivity contribution is 7.13. The molecule has 0 aromatic carbocycles. The van der Waals surface area contributed by atoms with Crippen molar-refractivity contribution in [2.24, 2.45) is 0 Å². The molecule has 0 radical (unpaired) electrons. The molecule has 2 rings (SSSR count). The average Bonchev–Trinajstić information content (AvgIpc) is 3.05. The predicted molar refractivity (Wildman–Crippen MR) is 76.3 cm³/mol. The van der Waals surface area contributed by atoms with Crippen LogP contribution in [-0.2, 0) is 11.3 Å². The highest BCUT2D eigenvalue weighted by Crippen LogP contribution is 2.16. The smallest absolute Gasteiger partial charge is 0.228 e. The number of aryl methyl sites for hydroxylation is 2. The van der Waals surface area contributed by atoms with E-state index >= 15 is 0 Å². The average molecular weight is 278 g/mol. The molecule has 0 saturated heterocycles. The molecule has 5 nitrogen and oxygen atoms in total. The quantitative estimate of drug-likeness (QED) is 0.763. The van der Waals surface area contributed by atoms with Crippen molar-refractivity contribution in [3.63, 3.8) is 0 Å². The van der Waals surface area contributed by atoms with E-state index in [2.05, 4.69) is 10.1 Å². The van der Waals surface area contributed by atoms with Crippen LogP contribution in [0.1, 0.15) is 24.8 Å². The second kappa shape index (κ2) is 6.47. The Hall–Kier alpha value is -1.69. The second-order valence-electron chi connectivity index (χ2n) is 4.51. The van der Waals surface area contributed by atoms with Gasteiger partial charge in [-0.05, 0) is 25.3 Å². The number of anilines is 1. The molecule has 2 heterocycles. The lowest BCUT2D eigenvalue weighted by Crippen LogP contribution is -2.25. The molecule has 19 heavy (non-hydrogen) atoms. The first kappa shape index (κ1) is 13.7. The largest absolute Gasteiger partial charge is 0.291 e. The molecule has 0 unspecified atom stereocenters. The summed E-state index contributed by atoms with van der Waals surface area (Å²) in [6, 6.07) is 0. The van der Waals surface area contributed by atoms with Gasteiger partial charge in [-0.15, -0.1) is 11.3 Å². The summed E-state index contributed by atoms with van der Waals surface area (Å²) in [6.45, 7) is 2.89. The summed E-state index contributed by atoms with van der Waals surface area (Å²) in [4.78, 5) is 17.7. The zero-order valence-corrected chi connectivity index (χ0v) is 12.1. The lowest BCUT2D eigenvalue weighted by molar-refractivity contribution is -0.118. The fourth-order valence-electron chi connectivity index (χ4n) is 1.80. The Balaban J connectivity index is 1.69. The van der Waals surface area contributed by atoms with Crippen molar-refractivity contribution in [3.05, 3.63) is 29.5 Å². The Labute approximate surface area is 116 Å². The number of unbranched alkanes of at least 4 members (excludes halogenated alkanes) is 1. The van der Waals surface area contributed by atoms with Gasteiger partial charge in [0, 0.05) is 37.8 Å². The number of amides is 1. The van der Waals surface area contributed by atoms with E-state index < -0.39 is 0 Å². The molecule has 0 saturated carbocycles. The van der Waals surface area contributed by atoms with Gasteiger partial charge in [0.2, 0.25) is 5.91 Å². The van der Waals surface area contributed by atoms with Crippen molar-refractivity contribution in [1.82, 2.24) is 14.8 Å². The molecule has 1 amide bonds. The van der Waals surface area contributed by atoms with Gasteiger partial charge in [0.05, 0.1) is 6.20 Å². The Kier molecular flexibility index (Phi) is 4.68. The van der Waals surface area contributed by atoms with Gasteiger partial charge in [-0.25, -0.2) is 4.98 Å². The van der Waals surface area contributed by atoms with E-state index in [-0.39, 0.29) is 5.91 Å². The summed E-state index contributed by atoms with van der Waals surface area (Å²) in [5.41, 5.74) is 1.17.